The van der Waals surface area contributed by atoms with E-state index >= 15 is 0 Å². The molecule has 3 N–H and O–H groups in total. The van der Waals surface area contributed by atoms with Crippen molar-refractivity contribution in [1.82, 2.24) is 15.7 Å². The van der Waals surface area contributed by atoms with E-state index in [0.29, 0.717) is 0 Å². The SMILES string of the molecule is O=C(NO)N[C@H]1CCN(Cc2ccccc2)C1. The van der Waals surface area contributed by atoms with Crippen molar-refractivity contribution in [3.63, 3.8) is 0 Å². The molecule has 5 nitrogen and oxygen atoms in total. The van der Waals surface area contributed by atoms with Gasteiger partial charge in [0.2, 0.25) is 0 Å². The van der Waals surface area contributed by atoms with Crippen molar-refractivity contribution in [2.24, 2.45) is 0 Å². The van der Waals surface area contributed by atoms with E-state index in [-0.39, 0.29) is 6.04 Å². The Bertz CT molecular complexity index is 369. The lowest BCUT2D eigenvalue weighted by Gasteiger charge is -2.16. The first-order chi connectivity index (χ1) is 8.28. The fraction of sp³-hybridized carbons (Fsp3) is 0.417. The molecular weight excluding hydrogens is 218 g/mol. The van der Waals surface area contributed by atoms with Crippen LogP contribution in [0.5, 0.6) is 0 Å². The largest absolute Gasteiger partial charge is 0.338 e. The molecule has 0 aromatic heterocycles. The molecule has 2 amide bonds. The van der Waals surface area contributed by atoms with Crippen molar-refractivity contribution in [3.8, 4) is 0 Å². The van der Waals surface area contributed by atoms with E-state index in [1.54, 1.807) is 5.48 Å². The van der Waals surface area contributed by atoms with Crippen LogP contribution in [0, 0.1) is 0 Å². The number of carbonyl (C=O) groups excluding carboxylic acids is 1. The summed E-state index contributed by atoms with van der Waals surface area (Å²) in [5, 5.41) is 11.1. The number of hydrogen-bond donors (Lipinski definition) is 3. The van der Waals surface area contributed by atoms with E-state index in [1.807, 2.05) is 18.2 Å². The van der Waals surface area contributed by atoms with Crippen LogP contribution in [0.15, 0.2) is 30.3 Å². The van der Waals surface area contributed by atoms with Crippen LogP contribution < -0.4 is 10.8 Å². The summed E-state index contributed by atoms with van der Waals surface area (Å²) in [6, 6.07) is 9.84. The number of amides is 2. The van der Waals surface area contributed by atoms with Gasteiger partial charge < -0.3 is 5.32 Å². The molecule has 1 aromatic rings. The molecule has 0 bridgehead atoms. The van der Waals surface area contributed by atoms with Gasteiger partial charge in [-0.15, -0.1) is 0 Å². The van der Waals surface area contributed by atoms with Crippen molar-refractivity contribution in [2.45, 2.75) is 19.0 Å². The second-order valence-corrected chi connectivity index (χ2v) is 4.29. The van der Waals surface area contributed by atoms with Gasteiger partial charge in [-0.05, 0) is 12.0 Å². The first kappa shape index (κ1) is 11.9. The summed E-state index contributed by atoms with van der Waals surface area (Å²) >= 11 is 0. The number of nitrogens with one attached hydrogen (secondary N) is 2. The van der Waals surface area contributed by atoms with E-state index in [4.69, 9.17) is 5.21 Å². The van der Waals surface area contributed by atoms with Crippen LogP contribution >= 0.6 is 0 Å². The van der Waals surface area contributed by atoms with Gasteiger partial charge in [0.25, 0.3) is 0 Å². The van der Waals surface area contributed by atoms with Crippen molar-refractivity contribution >= 4 is 6.03 Å². The summed E-state index contributed by atoms with van der Waals surface area (Å²) in [6.45, 7) is 2.69. The zero-order chi connectivity index (χ0) is 12.1. The topological polar surface area (TPSA) is 64.6 Å². The minimum absolute atomic E-state index is 0.117. The highest BCUT2D eigenvalue weighted by atomic mass is 16.5. The van der Waals surface area contributed by atoms with Gasteiger partial charge in [-0.25, -0.2) is 10.3 Å². The molecule has 0 radical (unpaired) electrons. The number of carbonyl (C=O) groups is 1. The van der Waals surface area contributed by atoms with E-state index in [1.165, 1.54) is 5.56 Å². The van der Waals surface area contributed by atoms with Gasteiger partial charge in [-0.2, -0.15) is 0 Å². The van der Waals surface area contributed by atoms with Crippen molar-refractivity contribution in [1.29, 1.82) is 0 Å². The minimum atomic E-state index is -0.531. The maximum Gasteiger partial charge on any atom is 0.338 e. The number of rotatable bonds is 3. The predicted octanol–water partition coefficient (Wildman–Crippen LogP) is 0.949. The summed E-state index contributed by atoms with van der Waals surface area (Å²) in [5.41, 5.74) is 2.87. The van der Waals surface area contributed by atoms with Crippen LogP contribution in [0.25, 0.3) is 0 Å². The predicted molar refractivity (Wildman–Crippen MR) is 63.6 cm³/mol. The number of likely N-dealkylation sites (tertiary alicyclic amines) is 1. The lowest BCUT2D eigenvalue weighted by atomic mass is 10.2. The maximum atomic E-state index is 10.9. The second-order valence-electron chi connectivity index (χ2n) is 4.29. The number of urea groups is 1. The third-order valence-corrected chi connectivity index (χ3v) is 2.96. The van der Waals surface area contributed by atoms with Crippen LogP contribution in [0.3, 0.4) is 0 Å². The second kappa shape index (κ2) is 5.65. The van der Waals surface area contributed by atoms with Gasteiger partial charge >= 0.3 is 6.03 Å². The van der Waals surface area contributed by atoms with Gasteiger partial charge in [0, 0.05) is 25.7 Å². The molecule has 1 aliphatic rings. The molecule has 17 heavy (non-hydrogen) atoms. The smallest absolute Gasteiger partial charge is 0.332 e. The van der Waals surface area contributed by atoms with Crippen molar-refractivity contribution in [2.75, 3.05) is 13.1 Å². The fourth-order valence-electron chi connectivity index (χ4n) is 2.15. The number of hydrogen-bond acceptors (Lipinski definition) is 3. The molecule has 5 heteroatoms. The normalized spacial score (nSPS) is 20.2. The van der Waals surface area contributed by atoms with Gasteiger partial charge in [0.15, 0.2) is 0 Å². The monoisotopic (exact) mass is 235 g/mol. The Balaban J connectivity index is 1.80. The molecule has 92 valence electrons. The summed E-state index contributed by atoms with van der Waals surface area (Å²) in [4.78, 5) is 13.2. The van der Waals surface area contributed by atoms with Crippen LogP contribution in [0.4, 0.5) is 4.79 Å². The highest BCUT2D eigenvalue weighted by Crippen LogP contribution is 2.13. The molecule has 1 saturated heterocycles. The Labute approximate surface area is 100 Å². The zero-order valence-electron chi connectivity index (χ0n) is 9.60. The molecule has 2 rings (SSSR count). The van der Waals surface area contributed by atoms with Crippen LogP contribution in [-0.4, -0.2) is 35.3 Å². The van der Waals surface area contributed by atoms with Crippen LogP contribution in [0.2, 0.25) is 0 Å². The average Bonchev–Trinajstić information content (AvgIpc) is 2.77. The average molecular weight is 235 g/mol. The number of hydroxylamine groups is 1. The lowest BCUT2D eigenvalue weighted by molar-refractivity contribution is 0.159. The fourth-order valence-corrected chi connectivity index (χ4v) is 2.15. The molecular formula is C12H17N3O2. The molecule has 0 saturated carbocycles. The Kier molecular flexibility index (Phi) is 3.95. The quantitative estimate of drug-likeness (QED) is 0.540. The molecule has 0 spiro atoms. The molecule has 1 atom stereocenters. The third kappa shape index (κ3) is 3.44. The van der Waals surface area contributed by atoms with Gasteiger partial charge in [-0.1, -0.05) is 30.3 Å². The summed E-state index contributed by atoms with van der Waals surface area (Å²) in [7, 11) is 0. The van der Waals surface area contributed by atoms with Crippen LogP contribution in [0.1, 0.15) is 12.0 Å². The number of benzene rings is 1. The first-order valence-corrected chi connectivity index (χ1v) is 5.75. The minimum Gasteiger partial charge on any atom is -0.332 e. The summed E-state index contributed by atoms with van der Waals surface area (Å²) < 4.78 is 0. The van der Waals surface area contributed by atoms with Crippen molar-refractivity contribution in [3.05, 3.63) is 35.9 Å². The molecule has 1 fully saturated rings. The highest BCUT2D eigenvalue weighted by Gasteiger charge is 2.23. The molecule has 1 aromatic carbocycles. The maximum absolute atomic E-state index is 10.9. The Hall–Kier alpha value is -1.59. The van der Waals surface area contributed by atoms with E-state index in [2.05, 4.69) is 22.3 Å². The van der Waals surface area contributed by atoms with Gasteiger partial charge in [-0.3, -0.25) is 10.1 Å². The standard InChI is InChI=1S/C12H17N3O2/c16-12(14-17)13-11-6-7-15(9-11)8-10-4-2-1-3-5-10/h1-5,11,17H,6-9H2,(H2,13,14,16)/t11-/m0/s1. The highest BCUT2D eigenvalue weighted by molar-refractivity contribution is 5.72. The number of nitrogens with zero attached hydrogens (tertiary/aromatic N) is 1. The van der Waals surface area contributed by atoms with E-state index in [9.17, 15) is 4.79 Å². The summed E-state index contributed by atoms with van der Waals surface area (Å²) in [5.74, 6) is 0. The van der Waals surface area contributed by atoms with Gasteiger partial charge in [0.05, 0.1) is 0 Å². The first-order valence-electron chi connectivity index (χ1n) is 5.75. The Morgan fingerprint density at radius 1 is 1.41 bits per heavy atom. The van der Waals surface area contributed by atoms with Crippen molar-refractivity contribution < 1.29 is 10.0 Å². The molecule has 0 aliphatic carbocycles. The lowest BCUT2D eigenvalue weighted by Crippen LogP contribution is -2.42. The Morgan fingerprint density at radius 3 is 2.88 bits per heavy atom. The molecule has 1 heterocycles. The van der Waals surface area contributed by atoms with Crippen LogP contribution in [-0.2, 0) is 6.54 Å². The Morgan fingerprint density at radius 2 is 2.18 bits per heavy atom. The van der Waals surface area contributed by atoms with Gasteiger partial charge in [0.1, 0.15) is 0 Å². The molecule has 1 aliphatic heterocycles. The van der Waals surface area contributed by atoms with E-state index in [0.717, 1.165) is 26.1 Å². The third-order valence-electron chi connectivity index (χ3n) is 2.96. The van der Waals surface area contributed by atoms with E-state index < -0.39 is 6.03 Å². The summed E-state index contributed by atoms with van der Waals surface area (Å²) in [6.07, 6.45) is 0.917. The molecule has 0 unspecified atom stereocenters. The zero-order valence-corrected chi connectivity index (χ0v) is 9.60.